The molecule has 0 spiro atoms. The molecule has 0 N–H and O–H groups in total. The van der Waals surface area contributed by atoms with Crippen LogP contribution in [0.2, 0.25) is 0 Å². The summed E-state index contributed by atoms with van der Waals surface area (Å²) in [5.74, 6) is 6.83. The predicted molar refractivity (Wildman–Crippen MR) is 101 cm³/mol. The highest BCUT2D eigenvalue weighted by molar-refractivity contribution is 6.04. The van der Waals surface area contributed by atoms with Crippen molar-refractivity contribution in [2.24, 2.45) is 0 Å². The Hall–Kier alpha value is -3.20. The quantitative estimate of drug-likeness (QED) is 0.526. The normalized spacial score (nSPS) is 14.5. The molecule has 0 radical (unpaired) electrons. The van der Waals surface area contributed by atoms with E-state index in [9.17, 15) is 4.79 Å². The van der Waals surface area contributed by atoms with Crippen molar-refractivity contribution in [3.8, 4) is 11.8 Å². The van der Waals surface area contributed by atoms with Gasteiger partial charge in [0.2, 0.25) is 0 Å². The lowest BCUT2D eigenvalue weighted by Crippen LogP contribution is -2.14. The van der Waals surface area contributed by atoms with Gasteiger partial charge in [-0.05, 0) is 50.3 Å². The van der Waals surface area contributed by atoms with Crippen LogP contribution < -0.4 is 0 Å². The molecule has 1 fully saturated rings. The SMILES string of the molecule is CC#Cc1ccc(C(=O)OC)c2c1cnn2C(C)c1ncc(C2CC2)cn1. The van der Waals surface area contributed by atoms with Gasteiger partial charge in [-0.1, -0.05) is 5.92 Å². The molecule has 2 heterocycles. The average Bonchev–Trinajstić information content (AvgIpc) is 3.46. The molecule has 27 heavy (non-hydrogen) atoms. The second-order valence-electron chi connectivity index (χ2n) is 6.70. The number of rotatable bonds is 4. The summed E-state index contributed by atoms with van der Waals surface area (Å²) >= 11 is 0. The van der Waals surface area contributed by atoms with E-state index in [1.54, 1.807) is 23.9 Å². The Morgan fingerprint density at radius 3 is 2.63 bits per heavy atom. The van der Waals surface area contributed by atoms with Gasteiger partial charge in [0.15, 0.2) is 5.82 Å². The van der Waals surface area contributed by atoms with Crippen LogP contribution in [-0.2, 0) is 4.74 Å². The highest BCUT2D eigenvalue weighted by Crippen LogP contribution is 2.39. The number of esters is 1. The molecule has 0 aliphatic heterocycles. The molecule has 136 valence electrons. The summed E-state index contributed by atoms with van der Waals surface area (Å²) in [6.07, 6.45) is 7.96. The van der Waals surface area contributed by atoms with Crippen LogP contribution >= 0.6 is 0 Å². The average molecular weight is 360 g/mol. The molecule has 3 aromatic rings. The van der Waals surface area contributed by atoms with E-state index >= 15 is 0 Å². The smallest absolute Gasteiger partial charge is 0.340 e. The molecular formula is C21H20N4O2. The van der Waals surface area contributed by atoms with Crippen LogP contribution in [0.4, 0.5) is 0 Å². The fourth-order valence-corrected chi connectivity index (χ4v) is 3.28. The number of fused-ring (bicyclic) bond motifs is 1. The van der Waals surface area contributed by atoms with Crippen LogP contribution in [0.3, 0.4) is 0 Å². The molecule has 0 saturated heterocycles. The van der Waals surface area contributed by atoms with Gasteiger partial charge in [0.05, 0.1) is 24.4 Å². The number of ether oxygens (including phenoxy) is 1. The molecule has 1 saturated carbocycles. The Bertz CT molecular complexity index is 1070. The summed E-state index contributed by atoms with van der Waals surface area (Å²) in [7, 11) is 1.37. The van der Waals surface area contributed by atoms with Crippen molar-refractivity contribution in [1.82, 2.24) is 19.7 Å². The Morgan fingerprint density at radius 2 is 2.00 bits per heavy atom. The summed E-state index contributed by atoms with van der Waals surface area (Å²) in [5.41, 5.74) is 3.15. The van der Waals surface area contributed by atoms with Gasteiger partial charge in [0.1, 0.15) is 6.04 Å². The van der Waals surface area contributed by atoms with Crippen molar-refractivity contribution in [2.75, 3.05) is 7.11 Å². The number of hydrogen-bond donors (Lipinski definition) is 0. The second-order valence-corrected chi connectivity index (χ2v) is 6.70. The Balaban J connectivity index is 1.83. The van der Waals surface area contributed by atoms with Crippen molar-refractivity contribution < 1.29 is 9.53 Å². The minimum atomic E-state index is -0.407. The highest BCUT2D eigenvalue weighted by Gasteiger charge is 2.25. The van der Waals surface area contributed by atoms with Crippen LogP contribution in [0.5, 0.6) is 0 Å². The number of methoxy groups -OCH3 is 1. The number of carbonyl (C=O) groups is 1. The summed E-state index contributed by atoms with van der Waals surface area (Å²) in [4.78, 5) is 21.4. The van der Waals surface area contributed by atoms with E-state index in [1.807, 2.05) is 25.4 Å². The van der Waals surface area contributed by atoms with E-state index in [2.05, 4.69) is 26.9 Å². The van der Waals surface area contributed by atoms with Gasteiger partial charge in [-0.25, -0.2) is 14.8 Å². The molecule has 1 atom stereocenters. The lowest BCUT2D eigenvalue weighted by molar-refractivity contribution is 0.0602. The molecule has 0 amide bonds. The fourth-order valence-electron chi connectivity index (χ4n) is 3.28. The summed E-state index contributed by atoms with van der Waals surface area (Å²) in [6.45, 7) is 3.75. The molecule has 1 aromatic carbocycles. The zero-order chi connectivity index (χ0) is 19.0. The number of benzene rings is 1. The van der Waals surface area contributed by atoms with E-state index < -0.39 is 5.97 Å². The number of nitrogens with zero attached hydrogens (tertiary/aromatic N) is 4. The van der Waals surface area contributed by atoms with Gasteiger partial charge < -0.3 is 4.74 Å². The summed E-state index contributed by atoms with van der Waals surface area (Å²) < 4.78 is 6.73. The van der Waals surface area contributed by atoms with E-state index in [0.29, 0.717) is 22.8 Å². The number of aromatic nitrogens is 4. The Morgan fingerprint density at radius 1 is 1.26 bits per heavy atom. The standard InChI is InChI=1S/C21H20N4O2/c1-4-5-15-8-9-17(21(26)27-3)19-18(15)12-24-25(19)13(2)20-22-10-16(11-23-20)14-6-7-14/h8-14H,6-7H2,1-3H3. The van der Waals surface area contributed by atoms with Crippen molar-refractivity contribution in [1.29, 1.82) is 0 Å². The molecular weight excluding hydrogens is 340 g/mol. The van der Waals surface area contributed by atoms with E-state index in [1.165, 1.54) is 25.5 Å². The van der Waals surface area contributed by atoms with Crippen LogP contribution in [0.1, 0.15) is 66.0 Å². The third-order valence-electron chi connectivity index (χ3n) is 4.90. The van der Waals surface area contributed by atoms with Crippen molar-refractivity contribution in [3.63, 3.8) is 0 Å². The molecule has 2 aromatic heterocycles. The number of hydrogen-bond acceptors (Lipinski definition) is 5. The van der Waals surface area contributed by atoms with Gasteiger partial charge >= 0.3 is 5.97 Å². The van der Waals surface area contributed by atoms with Crippen LogP contribution in [-0.4, -0.2) is 32.8 Å². The third-order valence-corrected chi connectivity index (χ3v) is 4.90. The molecule has 6 heteroatoms. The maximum atomic E-state index is 12.3. The van der Waals surface area contributed by atoms with Crippen molar-refractivity contribution >= 4 is 16.9 Å². The van der Waals surface area contributed by atoms with Crippen LogP contribution in [0.15, 0.2) is 30.7 Å². The summed E-state index contributed by atoms with van der Waals surface area (Å²) in [6, 6.07) is 3.32. The van der Waals surface area contributed by atoms with E-state index in [4.69, 9.17) is 4.74 Å². The minimum absolute atomic E-state index is 0.232. The second kappa shape index (κ2) is 6.84. The van der Waals surface area contributed by atoms with Gasteiger partial charge in [0, 0.05) is 23.3 Å². The third kappa shape index (κ3) is 3.06. The van der Waals surface area contributed by atoms with Gasteiger partial charge in [-0.15, -0.1) is 5.92 Å². The van der Waals surface area contributed by atoms with Crippen molar-refractivity contribution in [3.05, 3.63) is 53.2 Å². The van der Waals surface area contributed by atoms with E-state index in [-0.39, 0.29) is 6.04 Å². The molecule has 1 aliphatic rings. The predicted octanol–water partition coefficient (Wildman–Crippen LogP) is 3.47. The summed E-state index contributed by atoms with van der Waals surface area (Å²) in [5, 5.41) is 5.34. The first-order valence-electron chi connectivity index (χ1n) is 8.97. The molecule has 1 unspecified atom stereocenters. The first-order valence-corrected chi connectivity index (χ1v) is 8.97. The van der Waals surface area contributed by atoms with E-state index in [0.717, 1.165) is 10.9 Å². The lowest BCUT2D eigenvalue weighted by Gasteiger charge is -2.14. The molecule has 6 nitrogen and oxygen atoms in total. The topological polar surface area (TPSA) is 69.9 Å². The Kier molecular flexibility index (Phi) is 4.36. The highest BCUT2D eigenvalue weighted by atomic mass is 16.5. The monoisotopic (exact) mass is 360 g/mol. The fraction of sp³-hybridized carbons (Fsp3) is 0.333. The lowest BCUT2D eigenvalue weighted by atomic mass is 10.1. The first kappa shape index (κ1) is 17.2. The largest absolute Gasteiger partial charge is 0.465 e. The van der Waals surface area contributed by atoms with Gasteiger partial charge in [0.25, 0.3) is 0 Å². The maximum absolute atomic E-state index is 12.3. The van der Waals surface area contributed by atoms with Gasteiger partial charge in [-0.3, -0.25) is 4.68 Å². The zero-order valence-corrected chi connectivity index (χ0v) is 15.6. The number of carbonyl (C=O) groups excluding carboxylic acids is 1. The first-order chi connectivity index (χ1) is 13.1. The molecule has 4 rings (SSSR count). The Labute approximate surface area is 157 Å². The van der Waals surface area contributed by atoms with Gasteiger partial charge in [-0.2, -0.15) is 5.10 Å². The van der Waals surface area contributed by atoms with Crippen LogP contribution in [0.25, 0.3) is 10.9 Å². The molecule has 0 bridgehead atoms. The molecule has 1 aliphatic carbocycles. The zero-order valence-electron chi connectivity index (χ0n) is 15.6. The van der Waals surface area contributed by atoms with Crippen LogP contribution in [0, 0.1) is 11.8 Å². The maximum Gasteiger partial charge on any atom is 0.340 e. The van der Waals surface area contributed by atoms with Crippen molar-refractivity contribution in [2.45, 2.75) is 38.6 Å². The minimum Gasteiger partial charge on any atom is -0.465 e.